The molecule has 1 aromatic carbocycles. The molecule has 0 saturated carbocycles. The van der Waals surface area contributed by atoms with Crippen LogP contribution in [0.4, 0.5) is 0 Å². The number of aryl methyl sites for hydroxylation is 1. The molecule has 0 amide bonds. The third-order valence-corrected chi connectivity index (χ3v) is 3.23. The Morgan fingerprint density at radius 1 is 1.38 bits per heavy atom. The molecular weight excluding hydrogens is 200 g/mol. The fraction of sp³-hybridized carbons (Fsp3) is 0.100. The van der Waals surface area contributed by atoms with Crippen molar-refractivity contribution >= 4 is 40.3 Å². The van der Waals surface area contributed by atoms with Crippen LogP contribution in [0.2, 0.25) is 0 Å². The molecule has 0 fully saturated rings. The van der Waals surface area contributed by atoms with Crippen molar-refractivity contribution in [2.75, 3.05) is 0 Å². The lowest BCUT2D eigenvalue weighted by Gasteiger charge is -1.96. The Morgan fingerprint density at radius 2 is 2.15 bits per heavy atom. The zero-order valence-corrected chi connectivity index (χ0v) is 8.78. The van der Waals surface area contributed by atoms with Gasteiger partial charge in [0.2, 0.25) is 0 Å². The van der Waals surface area contributed by atoms with E-state index in [4.69, 9.17) is 0 Å². The lowest BCUT2D eigenvalue weighted by Crippen LogP contribution is -1.73. The van der Waals surface area contributed by atoms with Crippen molar-refractivity contribution in [1.82, 2.24) is 0 Å². The minimum absolute atomic E-state index is 0.775. The van der Waals surface area contributed by atoms with E-state index < -0.39 is 0 Å². The highest BCUT2D eigenvalue weighted by Gasteiger charge is 2.03. The van der Waals surface area contributed by atoms with Crippen LogP contribution in [0.5, 0.6) is 0 Å². The van der Waals surface area contributed by atoms with Crippen molar-refractivity contribution in [2.45, 2.75) is 11.8 Å². The summed E-state index contributed by atoms with van der Waals surface area (Å²) in [7, 11) is 0. The Bertz CT molecular complexity index is 471. The molecule has 0 saturated heterocycles. The summed E-state index contributed by atoms with van der Waals surface area (Å²) in [4.78, 5) is 12.3. The van der Waals surface area contributed by atoms with Gasteiger partial charge in [0.05, 0.1) is 4.88 Å². The molecule has 0 radical (unpaired) electrons. The summed E-state index contributed by atoms with van der Waals surface area (Å²) in [5.41, 5.74) is 1.17. The Labute approximate surface area is 85.8 Å². The minimum Gasteiger partial charge on any atom is -0.297 e. The van der Waals surface area contributed by atoms with E-state index in [9.17, 15) is 4.79 Å². The molecule has 13 heavy (non-hydrogen) atoms. The third-order valence-electron chi connectivity index (χ3n) is 1.96. The lowest BCUT2D eigenvalue weighted by atomic mass is 10.1. The number of carbonyl (C=O) groups is 1. The van der Waals surface area contributed by atoms with Gasteiger partial charge in [0, 0.05) is 9.60 Å². The summed E-state index contributed by atoms with van der Waals surface area (Å²) in [6, 6.07) is 5.92. The van der Waals surface area contributed by atoms with Crippen LogP contribution in [-0.4, -0.2) is 6.29 Å². The van der Waals surface area contributed by atoms with Crippen LogP contribution in [0.25, 0.3) is 10.1 Å². The number of rotatable bonds is 1. The van der Waals surface area contributed by atoms with Gasteiger partial charge in [0.25, 0.3) is 0 Å². The third kappa shape index (κ3) is 1.49. The van der Waals surface area contributed by atoms with Crippen LogP contribution in [0.15, 0.2) is 23.1 Å². The van der Waals surface area contributed by atoms with Gasteiger partial charge in [-0.3, -0.25) is 4.79 Å². The second kappa shape index (κ2) is 3.16. The SMILES string of the molecule is Cc1cc(S)cc2sc(C=O)cc12. The van der Waals surface area contributed by atoms with E-state index >= 15 is 0 Å². The molecule has 0 bridgehead atoms. The van der Waals surface area contributed by atoms with Gasteiger partial charge in [-0.2, -0.15) is 0 Å². The Balaban J connectivity index is 2.82. The number of thiol groups is 1. The van der Waals surface area contributed by atoms with Crippen molar-refractivity contribution in [2.24, 2.45) is 0 Å². The standard InChI is InChI=1S/C10H8OS2/c1-6-2-7(12)3-10-9(6)4-8(5-11)13-10/h2-5,12H,1H3. The van der Waals surface area contributed by atoms with Crippen molar-refractivity contribution < 1.29 is 4.79 Å². The van der Waals surface area contributed by atoms with E-state index in [1.54, 1.807) is 0 Å². The molecule has 0 aliphatic heterocycles. The van der Waals surface area contributed by atoms with Crippen molar-refractivity contribution in [1.29, 1.82) is 0 Å². The van der Waals surface area contributed by atoms with Crippen LogP contribution in [0, 0.1) is 6.92 Å². The van der Waals surface area contributed by atoms with Gasteiger partial charge in [0.1, 0.15) is 0 Å². The fourth-order valence-electron chi connectivity index (χ4n) is 1.37. The first-order chi connectivity index (χ1) is 6.20. The normalized spacial score (nSPS) is 10.6. The average Bonchev–Trinajstić information content (AvgIpc) is 2.47. The van der Waals surface area contributed by atoms with Gasteiger partial charge in [-0.1, -0.05) is 0 Å². The average molecular weight is 208 g/mol. The Morgan fingerprint density at radius 3 is 2.85 bits per heavy atom. The summed E-state index contributed by atoms with van der Waals surface area (Å²) in [5, 5.41) is 1.16. The summed E-state index contributed by atoms with van der Waals surface area (Å²) in [5.74, 6) is 0. The monoisotopic (exact) mass is 208 g/mol. The van der Waals surface area contributed by atoms with Gasteiger partial charge >= 0.3 is 0 Å². The van der Waals surface area contributed by atoms with E-state index in [1.165, 1.54) is 16.9 Å². The Kier molecular flexibility index (Phi) is 2.14. The number of thiophene rings is 1. The van der Waals surface area contributed by atoms with E-state index in [1.807, 2.05) is 25.1 Å². The number of aldehydes is 1. The first-order valence-electron chi connectivity index (χ1n) is 3.89. The van der Waals surface area contributed by atoms with Gasteiger partial charge < -0.3 is 0 Å². The van der Waals surface area contributed by atoms with Crippen molar-refractivity contribution in [3.8, 4) is 0 Å². The topological polar surface area (TPSA) is 17.1 Å². The predicted molar refractivity (Wildman–Crippen MR) is 59.2 cm³/mol. The molecule has 1 heterocycles. The van der Waals surface area contributed by atoms with Crippen LogP contribution < -0.4 is 0 Å². The molecule has 0 atom stereocenters. The first-order valence-corrected chi connectivity index (χ1v) is 5.15. The van der Waals surface area contributed by atoms with Crippen LogP contribution in [-0.2, 0) is 0 Å². The Hall–Kier alpha value is -0.800. The predicted octanol–water partition coefficient (Wildman–Crippen LogP) is 3.31. The van der Waals surface area contributed by atoms with Crippen molar-refractivity contribution in [3.05, 3.63) is 28.6 Å². The van der Waals surface area contributed by atoms with Gasteiger partial charge in [-0.15, -0.1) is 24.0 Å². The first kappa shape index (κ1) is 8.78. The molecule has 0 N–H and O–H groups in total. The maximum atomic E-state index is 10.6. The summed E-state index contributed by atoms with van der Waals surface area (Å²) in [6.45, 7) is 2.03. The number of hydrogen-bond donors (Lipinski definition) is 1. The quantitative estimate of drug-likeness (QED) is 0.562. The maximum Gasteiger partial charge on any atom is 0.160 e. The largest absolute Gasteiger partial charge is 0.297 e. The maximum absolute atomic E-state index is 10.6. The van der Waals surface area contributed by atoms with E-state index in [2.05, 4.69) is 12.6 Å². The molecular formula is C10H8OS2. The number of carbonyl (C=O) groups excluding carboxylic acids is 1. The zero-order valence-electron chi connectivity index (χ0n) is 7.07. The molecule has 1 nitrogen and oxygen atoms in total. The summed E-state index contributed by atoms with van der Waals surface area (Å²) < 4.78 is 1.13. The lowest BCUT2D eigenvalue weighted by molar-refractivity contribution is 0.112. The minimum atomic E-state index is 0.775. The molecule has 0 unspecified atom stereocenters. The molecule has 66 valence electrons. The van der Waals surface area contributed by atoms with Crippen LogP contribution in [0.1, 0.15) is 15.2 Å². The molecule has 0 aliphatic carbocycles. The second-order valence-electron chi connectivity index (χ2n) is 2.94. The smallest absolute Gasteiger partial charge is 0.160 e. The highest BCUT2D eigenvalue weighted by molar-refractivity contribution is 7.80. The molecule has 2 rings (SSSR count). The van der Waals surface area contributed by atoms with E-state index in [0.29, 0.717) is 0 Å². The van der Waals surface area contributed by atoms with Crippen LogP contribution in [0.3, 0.4) is 0 Å². The highest BCUT2D eigenvalue weighted by atomic mass is 32.1. The highest BCUT2D eigenvalue weighted by Crippen LogP contribution is 2.29. The fourth-order valence-corrected chi connectivity index (χ4v) is 2.78. The molecule has 1 aromatic heterocycles. The molecule has 3 heteroatoms. The van der Waals surface area contributed by atoms with Crippen LogP contribution >= 0.6 is 24.0 Å². The number of fused-ring (bicyclic) bond motifs is 1. The zero-order chi connectivity index (χ0) is 9.42. The van der Waals surface area contributed by atoms with Crippen molar-refractivity contribution in [3.63, 3.8) is 0 Å². The number of hydrogen-bond acceptors (Lipinski definition) is 3. The second-order valence-corrected chi connectivity index (χ2v) is 4.57. The molecule has 0 spiro atoms. The van der Waals surface area contributed by atoms with E-state index in [-0.39, 0.29) is 0 Å². The van der Waals surface area contributed by atoms with Gasteiger partial charge in [0.15, 0.2) is 6.29 Å². The van der Waals surface area contributed by atoms with Gasteiger partial charge in [-0.05, 0) is 36.1 Å². The van der Waals surface area contributed by atoms with E-state index in [0.717, 1.165) is 26.1 Å². The summed E-state index contributed by atoms with van der Waals surface area (Å²) >= 11 is 5.80. The summed E-state index contributed by atoms with van der Waals surface area (Å²) in [6.07, 6.45) is 0.891. The molecule has 2 aromatic rings. The molecule has 0 aliphatic rings. The number of benzene rings is 1. The van der Waals surface area contributed by atoms with Gasteiger partial charge in [-0.25, -0.2) is 0 Å².